The Kier molecular flexibility index (Phi) is 5.23. The first-order valence-electron chi connectivity index (χ1n) is 10.1. The summed E-state index contributed by atoms with van der Waals surface area (Å²) in [7, 11) is 0. The van der Waals surface area contributed by atoms with E-state index < -0.39 is 0 Å². The quantitative estimate of drug-likeness (QED) is 0.652. The van der Waals surface area contributed by atoms with E-state index in [1.54, 1.807) is 0 Å². The zero-order valence-electron chi connectivity index (χ0n) is 15.9. The Bertz CT molecular complexity index is 896. The normalized spacial score (nSPS) is 21.8. The number of aldehydes is 1. The van der Waals surface area contributed by atoms with Crippen molar-refractivity contribution in [3.8, 4) is 11.4 Å². The minimum atomic E-state index is 0.549. The summed E-state index contributed by atoms with van der Waals surface area (Å²) in [5, 5.41) is 0. The number of carbonyl (C=O) groups excluding carboxylic acids is 1. The smallest absolute Gasteiger partial charge is 0.152 e. The second kappa shape index (κ2) is 7.95. The van der Waals surface area contributed by atoms with Crippen molar-refractivity contribution in [1.82, 2.24) is 9.97 Å². The van der Waals surface area contributed by atoms with Crippen LogP contribution in [-0.4, -0.2) is 22.0 Å². The Morgan fingerprint density at radius 3 is 2.89 bits per heavy atom. The number of nitrogens with zero attached hydrogens (tertiary/aromatic N) is 1. The van der Waals surface area contributed by atoms with Crippen LogP contribution in [0.15, 0.2) is 46.7 Å². The minimum Gasteiger partial charge on any atom is -0.360 e. The molecule has 3 heterocycles. The molecule has 4 heteroatoms. The largest absolute Gasteiger partial charge is 0.360 e. The standard InChI is InChI=1S/C23H27N3O/c1-2-16-8-5-3-4-6-9-18-13-19(16)22(25-18)14-21-17(15-27)12-23(26-21)20-10-7-11-24-20/h7,10-16,24,26H,2-6,8-9H2,1H3. The molecule has 0 amide bonds. The highest BCUT2D eigenvalue weighted by Gasteiger charge is 2.23. The van der Waals surface area contributed by atoms with Crippen LogP contribution >= 0.6 is 0 Å². The lowest BCUT2D eigenvalue weighted by atomic mass is 9.87. The van der Waals surface area contributed by atoms with Crippen LogP contribution in [0.3, 0.4) is 0 Å². The summed E-state index contributed by atoms with van der Waals surface area (Å²) in [6, 6.07) is 5.85. The molecule has 27 heavy (non-hydrogen) atoms. The monoisotopic (exact) mass is 361 g/mol. The van der Waals surface area contributed by atoms with Gasteiger partial charge >= 0.3 is 0 Å². The summed E-state index contributed by atoms with van der Waals surface area (Å²) in [5.74, 6) is 0.549. The number of nitrogens with one attached hydrogen (secondary N) is 2. The summed E-state index contributed by atoms with van der Waals surface area (Å²) < 4.78 is 0. The van der Waals surface area contributed by atoms with Gasteiger partial charge in [-0.05, 0) is 67.5 Å². The Hall–Kier alpha value is -2.62. The number of aromatic nitrogens is 2. The third-order valence-electron chi connectivity index (χ3n) is 5.73. The molecule has 2 bridgehead atoms. The van der Waals surface area contributed by atoms with Crippen LogP contribution in [0.1, 0.15) is 67.9 Å². The van der Waals surface area contributed by atoms with Crippen molar-refractivity contribution >= 4 is 18.1 Å². The maximum Gasteiger partial charge on any atom is 0.152 e. The van der Waals surface area contributed by atoms with Gasteiger partial charge in [-0.25, -0.2) is 0 Å². The first-order valence-corrected chi connectivity index (χ1v) is 10.1. The van der Waals surface area contributed by atoms with Crippen molar-refractivity contribution in [1.29, 1.82) is 0 Å². The number of H-pyrrole nitrogens is 2. The van der Waals surface area contributed by atoms with E-state index in [2.05, 4.69) is 29.0 Å². The van der Waals surface area contributed by atoms with Gasteiger partial charge < -0.3 is 9.97 Å². The average Bonchev–Trinajstić information content (AvgIpc) is 3.41. The number of aromatic amines is 2. The molecule has 140 valence electrons. The molecule has 0 fully saturated rings. The number of carbonyl (C=O) groups is 1. The Morgan fingerprint density at radius 2 is 2.11 bits per heavy atom. The van der Waals surface area contributed by atoms with E-state index in [4.69, 9.17) is 4.99 Å². The first kappa shape index (κ1) is 17.8. The summed E-state index contributed by atoms with van der Waals surface area (Å²) in [5.41, 5.74) is 6.99. The molecule has 2 N–H and O–H groups in total. The van der Waals surface area contributed by atoms with Crippen LogP contribution in [-0.2, 0) is 0 Å². The maximum atomic E-state index is 11.6. The van der Waals surface area contributed by atoms with Crippen molar-refractivity contribution in [2.45, 2.75) is 51.9 Å². The van der Waals surface area contributed by atoms with Crippen LogP contribution in [0.2, 0.25) is 0 Å². The Balaban J connectivity index is 1.72. The lowest BCUT2D eigenvalue weighted by Crippen LogP contribution is -2.05. The van der Waals surface area contributed by atoms with Gasteiger partial charge in [0.25, 0.3) is 0 Å². The molecule has 4 nitrogen and oxygen atoms in total. The molecule has 4 rings (SSSR count). The van der Waals surface area contributed by atoms with Crippen LogP contribution in [0, 0.1) is 5.92 Å². The third-order valence-corrected chi connectivity index (χ3v) is 5.73. The lowest BCUT2D eigenvalue weighted by molar-refractivity contribution is 0.112. The van der Waals surface area contributed by atoms with Crippen LogP contribution in [0.25, 0.3) is 17.5 Å². The van der Waals surface area contributed by atoms with E-state index in [1.807, 2.05) is 24.4 Å². The number of aliphatic imine (C=N–C) groups is 1. The fourth-order valence-electron chi connectivity index (χ4n) is 4.19. The van der Waals surface area contributed by atoms with Gasteiger partial charge in [-0.1, -0.05) is 26.2 Å². The number of fused-ring (bicyclic) bond motifs is 1. The van der Waals surface area contributed by atoms with E-state index in [0.717, 1.165) is 41.9 Å². The van der Waals surface area contributed by atoms with Gasteiger partial charge in [0.1, 0.15) is 0 Å². The van der Waals surface area contributed by atoms with Crippen LogP contribution in [0.5, 0.6) is 0 Å². The van der Waals surface area contributed by atoms with Gasteiger partial charge in [0.05, 0.1) is 22.8 Å². The molecule has 0 spiro atoms. The second-order valence-electron chi connectivity index (χ2n) is 7.54. The van der Waals surface area contributed by atoms with E-state index in [0.29, 0.717) is 11.5 Å². The summed E-state index contributed by atoms with van der Waals surface area (Å²) in [6.45, 7) is 2.27. The van der Waals surface area contributed by atoms with Gasteiger partial charge in [-0.2, -0.15) is 0 Å². The predicted molar refractivity (Wildman–Crippen MR) is 111 cm³/mol. The molecular formula is C23H27N3O. The third kappa shape index (κ3) is 3.75. The van der Waals surface area contributed by atoms with Gasteiger partial charge in [0.2, 0.25) is 0 Å². The number of allylic oxidation sites excluding steroid dienone is 2. The molecule has 0 saturated heterocycles. The predicted octanol–water partition coefficient (Wildman–Crippen LogP) is 5.92. The number of hydrogen-bond acceptors (Lipinski definition) is 2. The Labute approximate surface area is 160 Å². The van der Waals surface area contributed by atoms with E-state index in [1.165, 1.54) is 43.4 Å². The number of hydrogen-bond donors (Lipinski definition) is 2. The van der Waals surface area contributed by atoms with Crippen molar-refractivity contribution < 1.29 is 4.79 Å². The molecule has 2 aliphatic rings. The maximum absolute atomic E-state index is 11.6. The van der Waals surface area contributed by atoms with Crippen molar-refractivity contribution in [3.63, 3.8) is 0 Å². The minimum absolute atomic E-state index is 0.549. The lowest BCUT2D eigenvalue weighted by Gasteiger charge is -2.17. The number of rotatable bonds is 4. The molecule has 1 aliphatic carbocycles. The zero-order chi connectivity index (χ0) is 18.6. The van der Waals surface area contributed by atoms with Crippen molar-refractivity contribution in [2.24, 2.45) is 10.9 Å². The molecule has 1 unspecified atom stereocenters. The Morgan fingerprint density at radius 1 is 1.22 bits per heavy atom. The molecule has 0 radical (unpaired) electrons. The summed E-state index contributed by atoms with van der Waals surface area (Å²) in [6.07, 6.45) is 15.7. The fourth-order valence-corrected chi connectivity index (χ4v) is 4.19. The van der Waals surface area contributed by atoms with Crippen molar-refractivity contribution in [3.05, 3.63) is 53.0 Å². The molecule has 1 aliphatic heterocycles. The van der Waals surface area contributed by atoms with Gasteiger partial charge in [0, 0.05) is 17.5 Å². The highest BCUT2D eigenvalue weighted by Crippen LogP contribution is 2.35. The molecule has 2 aromatic heterocycles. The summed E-state index contributed by atoms with van der Waals surface area (Å²) in [4.78, 5) is 23.1. The van der Waals surface area contributed by atoms with E-state index in [9.17, 15) is 4.79 Å². The van der Waals surface area contributed by atoms with Crippen LogP contribution in [0.4, 0.5) is 0 Å². The van der Waals surface area contributed by atoms with E-state index >= 15 is 0 Å². The summed E-state index contributed by atoms with van der Waals surface area (Å²) >= 11 is 0. The zero-order valence-corrected chi connectivity index (χ0v) is 15.9. The molecule has 1 atom stereocenters. The van der Waals surface area contributed by atoms with E-state index in [-0.39, 0.29) is 0 Å². The molecular weight excluding hydrogens is 334 g/mol. The average molecular weight is 361 g/mol. The molecule has 0 aromatic carbocycles. The van der Waals surface area contributed by atoms with Crippen LogP contribution < -0.4 is 0 Å². The first-order chi connectivity index (χ1) is 13.3. The second-order valence-corrected chi connectivity index (χ2v) is 7.54. The van der Waals surface area contributed by atoms with Gasteiger partial charge in [-0.3, -0.25) is 9.79 Å². The highest BCUT2D eigenvalue weighted by atomic mass is 16.1. The van der Waals surface area contributed by atoms with Gasteiger partial charge in [0.15, 0.2) is 6.29 Å². The SMILES string of the molecule is CCC1CCCCCCC2=NC(=Cc3[nH]c(-c4ccc[nH]4)cc3C=O)C1=C2. The fraction of sp³-hybridized carbons (Fsp3) is 0.391. The highest BCUT2D eigenvalue weighted by molar-refractivity contribution is 6.01. The molecule has 2 aromatic rings. The topological polar surface area (TPSA) is 61.0 Å². The molecule has 0 saturated carbocycles. The van der Waals surface area contributed by atoms with Gasteiger partial charge in [-0.15, -0.1) is 0 Å². The van der Waals surface area contributed by atoms with Crippen molar-refractivity contribution in [2.75, 3.05) is 0 Å².